The lowest BCUT2D eigenvalue weighted by atomic mass is 9.47. The standard InChI is InChI=1S/C52H86O23/c1-21(20-67-46-41(63)39(61)35(57)30(17-53)70-46)9-14-52(66-6)22(2)33-29(75-52)16-28-26-8-7-24-15-25(10-12-50(24,4)27(26)11-13-51(28,33)5)69-49-45(74-47-42(64)38(60)34(56)23(3)68-47)44(37(59)32(19-55)72-49)73-48-43(65)40(62)36(58)31(18-54)71-48/h7,21-23,25-49,53-65H,8-20H2,1-6H3/t21?,22?,23-,25-,26?,27?,28?,29?,30+,31+,32+,33?,34-,35+,36+,37+,38+,39-,40-,41+,42+,43+,44-,45+,46+,47-,48-,49+,50?,51?,52?/m0/s1. The molecule has 13 N–H and O–H groups in total. The van der Waals surface area contributed by atoms with Crippen molar-refractivity contribution in [2.24, 2.45) is 46.3 Å². The van der Waals surface area contributed by atoms with Crippen LogP contribution in [0.2, 0.25) is 0 Å². The summed E-state index contributed by atoms with van der Waals surface area (Å²) in [6.45, 7) is 8.74. The van der Waals surface area contributed by atoms with Crippen molar-refractivity contribution in [3.05, 3.63) is 11.6 Å². The van der Waals surface area contributed by atoms with Crippen LogP contribution in [-0.4, -0.2) is 241 Å². The Morgan fingerprint density at radius 3 is 1.85 bits per heavy atom. The molecule has 0 aromatic heterocycles. The lowest BCUT2D eigenvalue weighted by Gasteiger charge is -2.58. The van der Waals surface area contributed by atoms with Crippen molar-refractivity contribution in [2.45, 2.75) is 233 Å². The summed E-state index contributed by atoms with van der Waals surface area (Å²) >= 11 is 0. The van der Waals surface area contributed by atoms with Crippen LogP contribution in [0.5, 0.6) is 0 Å². The van der Waals surface area contributed by atoms with Gasteiger partial charge in [0.1, 0.15) is 91.6 Å². The molecule has 4 aliphatic carbocycles. The van der Waals surface area contributed by atoms with Crippen LogP contribution >= 0.6 is 0 Å². The number of ether oxygens (including phenoxy) is 10. The largest absolute Gasteiger partial charge is 0.394 e. The van der Waals surface area contributed by atoms with Gasteiger partial charge in [-0.05, 0) is 98.7 Å². The molecule has 5 aliphatic heterocycles. The Hall–Kier alpha value is -1.18. The number of rotatable bonds is 16. The van der Waals surface area contributed by atoms with Crippen molar-refractivity contribution < 1.29 is 114 Å². The molecule has 0 aromatic rings. The van der Waals surface area contributed by atoms with Crippen molar-refractivity contribution in [3.63, 3.8) is 0 Å². The van der Waals surface area contributed by atoms with E-state index in [9.17, 15) is 66.4 Å². The van der Waals surface area contributed by atoms with Crippen LogP contribution in [0.1, 0.15) is 92.4 Å². The summed E-state index contributed by atoms with van der Waals surface area (Å²) in [6.07, 6.45) is -21.5. The number of fused-ring (bicyclic) bond motifs is 7. The van der Waals surface area contributed by atoms with Crippen molar-refractivity contribution in [2.75, 3.05) is 33.5 Å². The van der Waals surface area contributed by atoms with Gasteiger partial charge in [-0.15, -0.1) is 0 Å². The SMILES string of the molecule is COC1(CCC(C)CO[C@@H]2O[C@H](CO)[C@@H](O)[C@H](O)[C@H]2O)OC2CC3C4CC=C5C[C@@H](O[C@@H]6O[C@H](CO)[C@@H](O)[C@H](O[C@@H]7O[C@H](CO)[C@@H](O)[C@H](O)[C@H]7O)[C@H]6O[C@@H]6O[C@@H](C)[C@H](O)[C@@H](O)[C@H]6O)CCC5(C)C4CCC3(C)C2C1C. The van der Waals surface area contributed by atoms with Crippen LogP contribution in [0.15, 0.2) is 11.6 Å². The average Bonchev–Trinajstić information content (AvgIpc) is 3.92. The van der Waals surface area contributed by atoms with Crippen LogP contribution < -0.4 is 0 Å². The maximum absolute atomic E-state index is 11.6. The molecular weight excluding hydrogens is 993 g/mol. The number of aliphatic hydroxyl groups excluding tert-OH is 13. The van der Waals surface area contributed by atoms with Crippen LogP contribution in [0, 0.1) is 46.3 Å². The molecule has 0 aromatic carbocycles. The molecule has 10 unspecified atom stereocenters. The van der Waals surface area contributed by atoms with Crippen molar-refractivity contribution >= 4 is 0 Å². The fourth-order valence-corrected chi connectivity index (χ4v) is 15.3. The normalized spacial score (nSPS) is 54.3. The summed E-state index contributed by atoms with van der Waals surface area (Å²) in [5, 5.41) is 137. The van der Waals surface area contributed by atoms with Crippen LogP contribution in [0.3, 0.4) is 0 Å². The van der Waals surface area contributed by atoms with Crippen LogP contribution in [0.4, 0.5) is 0 Å². The highest BCUT2D eigenvalue weighted by Crippen LogP contribution is 2.70. The molecule has 9 rings (SSSR count). The monoisotopic (exact) mass is 1080 g/mol. The minimum atomic E-state index is -1.88. The topological polar surface area (TPSA) is 355 Å². The third kappa shape index (κ3) is 10.5. The van der Waals surface area contributed by atoms with Gasteiger partial charge in [0, 0.05) is 19.4 Å². The lowest BCUT2D eigenvalue weighted by molar-refractivity contribution is -0.394. The first-order valence-corrected chi connectivity index (χ1v) is 27.3. The molecule has 8 fully saturated rings. The zero-order valence-corrected chi connectivity index (χ0v) is 43.8. The Balaban J connectivity index is 0.871. The molecule has 75 heavy (non-hydrogen) atoms. The molecular formula is C52H86O23. The van der Waals surface area contributed by atoms with Gasteiger partial charge >= 0.3 is 0 Å². The van der Waals surface area contributed by atoms with Crippen LogP contribution in [0.25, 0.3) is 0 Å². The molecule has 0 amide bonds. The van der Waals surface area contributed by atoms with Crippen LogP contribution in [-0.2, 0) is 47.4 Å². The second-order valence-electron chi connectivity index (χ2n) is 24.0. The summed E-state index contributed by atoms with van der Waals surface area (Å²) in [7, 11) is 1.71. The predicted molar refractivity (Wildman–Crippen MR) is 255 cm³/mol. The Labute approximate surface area is 437 Å². The molecule has 31 atom stereocenters. The summed E-state index contributed by atoms with van der Waals surface area (Å²) in [4.78, 5) is 0. The summed E-state index contributed by atoms with van der Waals surface area (Å²) in [5.41, 5.74) is 1.11. The fraction of sp³-hybridized carbons (Fsp3) is 0.962. The minimum absolute atomic E-state index is 0.00228. The van der Waals surface area contributed by atoms with Gasteiger partial charge in [0.25, 0.3) is 0 Å². The maximum atomic E-state index is 11.6. The quantitative estimate of drug-likeness (QED) is 0.0720. The number of hydrogen-bond donors (Lipinski definition) is 13. The average molecular weight is 1080 g/mol. The molecule has 5 heterocycles. The molecule has 5 saturated heterocycles. The minimum Gasteiger partial charge on any atom is -0.394 e. The van der Waals surface area contributed by atoms with Gasteiger partial charge in [-0.3, -0.25) is 0 Å². The van der Waals surface area contributed by atoms with Gasteiger partial charge in [0.15, 0.2) is 30.9 Å². The molecule has 0 radical (unpaired) electrons. The summed E-state index contributed by atoms with van der Waals surface area (Å²) in [5.74, 6) is 0.765. The van der Waals surface area contributed by atoms with E-state index in [4.69, 9.17) is 47.4 Å². The van der Waals surface area contributed by atoms with E-state index < -0.39 is 155 Å². The van der Waals surface area contributed by atoms with Gasteiger partial charge in [-0.25, -0.2) is 0 Å². The van der Waals surface area contributed by atoms with E-state index in [0.717, 1.165) is 32.1 Å². The third-order valence-electron chi connectivity index (χ3n) is 19.8. The van der Waals surface area contributed by atoms with Crippen molar-refractivity contribution in [1.29, 1.82) is 0 Å². The molecule has 432 valence electrons. The Morgan fingerprint density at radius 1 is 0.640 bits per heavy atom. The molecule has 9 aliphatic rings. The zero-order valence-electron chi connectivity index (χ0n) is 43.8. The maximum Gasteiger partial charge on any atom is 0.187 e. The highest BCUT2D eigenvalue weighted by atomic mass is 16.8. The first kappa shape index (κ1) is 58.5. The molecule has 23 heteroatoms. The molecule has 23 nitrogen and oxygen atoms in total. The first-order valence-electron chi connectivity index (χ1n) is 27.3. The predicted octanol–water partition coefficient (Wildman–Crippen LogP) is -2.35. The number of allylic oxidation sites excluding steroid dienone is 1. The van der Waals surface area contributed by atoms with Crippen molar-refractivity contribution in [1.82, 2.24) is 0 Å². The highest BCUT2D eigenvalue weighted by Gasteiger charge is 2.68. The Kier molecular flexibility index (Phi) is 17.9. The second-order valence-corrected chi connectivity index (χ2v) is 24.0. The summed E-state index contributed by atoms with van der Waals surface area (Å²) < 4.78 is 61.6. The van der Waals surface area contributed by atoms with E-state index in [2.05, 4.69) is 26.8 Å². The Morgan fingerprint density at radius 2 is 1.21 bits per heavy atom. The van der Waals surface area contributed by atoms with Crippen molar-refractivity contribution in [3.8, 4) is 0 Å². The second kappa shape index (κ2) is 23.0. The third-order valence-corrected chi connectivity index (χ3v) is 19.8. The molecule has 0 spiro atoms. The molecule has 0 bridgehead atoms. The zero-order chi connectivity index (χ0) is 54.2. The number of hydrogen-bond acceptors (Lipinski definition) is 23. The summed E-state index contributed by atoms with van der Waals surface area (Å²) in [6, 6.07) is 0. The fourth-order valence-electron chi connectivity index (χ4n) is 15.3. The van der Waals surface area contributed by atoms with E-state index in [0.29, 0.717) is 43.4 Å². The lowest BCUT2D eigenvalue weighted by Crippen LogP contribution is -2.67. The van der Waals surface area contributed by atoms with Gasteiger partial charge in [-0.2, -0.15) is 0 Å². The number of aliphatic hydroxyl groups is 13. The smallest absolute Gasteiger partial charge is 0.187 e. The van der Waals surface area contributed by atoms with Gasteiger partial charge in [0.05, 0.1) is 44.7 Å². The van der Waals surface area contributed by atoms with E-state index in [1.165, 1.54) is 12.5 Å². The molecule has 3 saturated carbocycles. The van der Waals surface area contributed by atoms with E-state index in [-0.39, 0.29) is 41.3 Å². The first-order chi connectivity index (χ1) is 35.6. The van der Waals surface area contributed by atoms with Gasteiger partial charge in [-0.1, -0.05) is 39.3 Å². The van der Waals surface area contributed by atoms with Gasteiger partial charge in [0.2, 0.25) is 0 Å². The van der Waals surface area contributed by atoms with E-state index in [1.54, 1.807) is 7.11 Å². The number of methoxy groups -OCH3 is 1. The highest BCUT2D eigenvalue weighted by molar-refractivity contribution is 5.26. The van der Waals surface area contributed by atoms with Gasteiger partial charge < -0.3 is 114 Å². The Bertz CT molecular complexity index is 1930. The van der Waals surface area contributed by atoms with E-state index >= 15 is 0 Å². The van der Waals surface area contributed by atoms with E-state index in [1.807, 2.05) is 6.92 Å².